The fourth-order valence-corrected chi connectivity index (χ4v) is 3.47. The molecule has 3 aromatic rings. The molecule has 1 aromatic carbocycles. The first-order valence-electron chi connectivity index (χ1n) is 6.79. The zero-order valence-corrected chi connectivity index (χ0v) is 12.1. The Morgan fingerprint density at radius 1 is 1.25 bits per heavy atom. The van der Waals surface area contributed by atoms with Crippen molar-refractivity contribution in [1.29, 1.82) is 0 Å². The molecular weight excluding hydrogens is 266 g/mol. The minimum absolute atomic E-state index is 0.997. The van der Waals surface area contributed by atoms with Crippen LogP contribution < -0.4 is 5.32 Å². The summed E-state index contributed by atoms with van der Waals surface area (Å²) >= 11 is 1.75. The van der Waals surface area contributed by atoms with Crippen LogP contribution in [0.2, 0.25) is 0 Å². The number of nitrogens with zero attached hydrogens (tertiary/aromatic N) is 2. The van der Waals surface area contributed by atoms with Crippen molar-refractivity contribution < 1.29 is 0 Å². The molecule has 0 bridgehead atoms. The Bertz CT molecular complexity index is 756. The molecule has 3 heterocycles. The summed E-state index contributed by atoms with van der Waals surface area (Å²) in [5, 5.41) is 10.4. The average Bonchev–Trinajstić information content (AvgIpc) is 3.15. The zero-order chi connectivity index (χ0) is 13.5. The molecular formula is C16H15N3S. The van der Waals surface area contributed by atoms with Crippen molar-refractivity contribution in [2.75, 3.05) is 11.9 Å². The average molecular weight is 281 g/mol. The Kier molecular flexibility index (Phi) is 2.63. The first-order valence-corrected chi connectivity index (χ1v) is 7.67. The second-order valence-electron chi connectivity index (χ2n) is 5.08. The molecule has 0 spiro atoms. The number of nitrogens with one attached hydrogen (secondary N) is 1. The number of hydrogen-bond acceptors (Lipinski definition) is 3. The Labute approximate surface area is 121 Å². The third-order valence-corrected chi connectivity index (χ3v) is 4.53. The molecule has 0 amide bonds. The van der Waals surface area contributed by atoms with Gasteiger partial charge in [0, 0.05) is 12.1 Å². The van der Waals surface area contributed by atoms with Gasteiger partial charge in [0.15, 0.2) is 0 Å². The van der Waals surface area contributed by atoms with Gasteiger partial charge in [0.2, 0.25) is 0 Å². The molecule has 0 fully saturated rings. The van der Waals surface area contributed by atoms with E-state index in [4.69, 9.17) is 5.10 Å². The van der Waals surface area contributed by atoms with Gasteiger partial charge in [0.25, 0.3) is 0 Å². The molecule has 100 valence electrons. The topological polar surface area (TPSA) is 29.9 Å². The van der Waals surface area contributed by atoms with Crippen LogP contribution in [0, 0.1) is 6.92 Å². The summed E-state index contributed by atoms with van der Waals surface area (Å²) in [5.74, 6) is 1.15. The Morgan fingerprint density at radius 3 is 3.00 bits per heavy atom. The lowest BCUT2D eigenvalue weighted by Gasteiger charge is -2.06. The summed E-state index contributed by atoms with van der Waals surface area (Å²) in [6, 6.07) is 12.7. The van der Waals surface area contributed by atoms with Gasteiger partial charge >= 0.3 is 0 Å². The normalized spacial score (nSPS) is 13.2. The molecule has 0 radical (unpaired) electrons. The van der Waals surface area contributed by atoms with Crippen LogP contribution in [0.4, 0.5) is 5.82 Å². The van der Waals surface area contributed by atoms with Gasteiger partial charge in [0.05, 0.1) is 10.6 Å². The Balaban J connectivity index is 1.92. The van der Waals surface area contributed by atoms with Gasteiger partial charge in [-0.25, -0.2) is 4.68 Å². The predicted octanol–water partition coefficient (Wildman–Crippen LogP) is 3.88. The lowest BCUT2D eigenvalue weighted by Crippen LogP contribution is -2.04. The van der Waals surface area contributed by atoms with Crippen LogP contribution in [0.3, 0.4) is 0 Å². The minimum Gasteiger partial charge on any atom is -0.369 e. The highest BCUT2D eigenvalue weighted by Crippen LogP contribution is 2.36. The van der Waals surface area contributed by atoms with E-state index in [9.17, 15) is 0 Å². The summed E-state index contributed by atoms with van der Waals surface area (Å²) < 4.78 is 2.05. The molecule has 1 aliphatic rings. The van der Waals surface area contributed by atoms with Crippen LogP contribution in [0.15, 0.2) is 41.8 Å². The van der Waals surface area contributed by atoms with Crippen LogP contribution in [0.1, 0.15) is 11.1 Å². The van der Waals surface area contributed by atoms with Crippen molar-refractivity contribution in [3.63, 3.8) is 0 Å². The molecule has 0 saturated heterocycles. The Morgan fingerprint density at radius 2 is 2.20 bits per heavy atom. The molecule has 3 nitrogen and oxygen atoms in total. The third-order valence-electron chi connectivity index (χ3n) is 3.65. The van der Waals surface area contributed by atoms with Crippen LogP contribution in [0.25, 0.3) is 16.3 Å². The monoisotopic (exact) mass is 281 g/mol. The molecule has 2 aromatic heterocycles. The van der Waals surface area contributed by atoms with Crippen molar-refractivity contribution in [2.24, 2.45) is 0 Å². The van der Waals surface area contributed by atoms with Crippen molar-refractivity contribution in [2.45, 2.75) is 13.3 Å². The molecule has 4 rings (SSSR count). The van der Waals surface area contributed by atoms with E-state index < -0.39 is 0 Å². The number of fused-ring (bicyclic) bond motifs is 1. The highest BCUT2D eigenvalue weighted by Gasteiger charge is 2.24. The standard InChI is InChI=1S/C16H15N3S/c1-11-4-2-5-12(10-11)19-16-13(7-8-17-16)15(18-19)14-6-3-9-20-14/h2-6,9-10,17H,7-8H2,1H3. The second kappa shape index (κ2) is 4.49. The first-order chi connectivity index (χ1) is 9.83. The number of benzene rings is 1. The smallest absolute Gasteiger partial charge is 0.133 e. The predicted molar refractivity (Wildman–Crippen MR) is 83.8 cm³/mol. The number of thiophene rings is 1. The molecule has 1 aliphatic heterocycles. The molecule has 0 aliphatic carbocycles. The minimum atomic E-state index is 0.997. The highest BCUT2D eigenvalue weighted by molar-refractivity contribution is 7.13. The number of hydrogen-bond donors (Lipinski definition) is 1. The number of rotatable bonds is 2. The third kappa shape index (κ3) is 1.76. The number of anilines is 1. The number of aryl methyl sites for hydroxylation is 1. The van der Waals surface area contributed by atoms with E-state index in [1.165, 1.54) is 16.0 Å². The first kappa shape index (κ1) is 11.7. The molecule has 0 unspecified atom stereocenters. The SMILES string of the molecule is Cc1cccc(-n2nc(-c3cccs3)c3c2NCC3)c1. The van der Waals surface area contributed by atoms with E-state index in [1.54, 1.807) is 11.3 Å². The van der Waals surface area contributed by atoms with E-state index >= 15 is 0 Å². The van der Waals surface area contributed by atoms with Crippen molar-refractivity contribution in [1.82, 2.24) is 9.78 Å². The maximum Gasteiger partial charge on any atom is 0.133 e. The largest absolute Gasteiger partial charge is 0.369 e. The van der Waals surface area contributed by atoms with Crippen molar-refractivity contribution in [3.05, 3.63) is 52.9 Å². The fraction of sp³-hybridized carbons (Fsp3) is 0.188. The van der Waals surface area contributed by atoms with Gasteiger partial charge < -0.3 is 5.32 Å². The van der Waals surface area contributed by atoms with Gasteiger partial charge in [-0.15, -0.1) is 11.3 Å². The summed E-state index contributed by atoms with van der Waals surface area (Å²) in [6.07, 6.45) is 1.05. The lowest BCUT2D eigenvalue weighted by molar-refractivity contribution is 0.882. The van der Waals surface area contributed by atoms with E-state index in [2.05, 4.69) is 54.0 Å². The summed E-state index contributed by atoms with van der Waals surface area (Å²) in [6.45, 7) is 3.11. The molecule has 0 saturated carbocycles. The van der Waals surface area contributed by atoms with Gasteiger partial charge in [-0.3, -0.25) is 0 Å². The maximum absolute atomic E-state index is 4.85. The van der Waals surface area contributed by atoms with Gasteiger partial charge in [-0.2, -0.15) is 5.10 Å². The van der Waals surface area contributed by atoms with Crippen molar-refractivity contribution in [3.8, 4) is 16.3 Å². The Hall–Kier alpha value is -2.07. The van der Waals surface area contributed by atoms with Crippen LogP contribution in [-0.2, 0) is 6.42 Å². The number of aromatic nitrogens is 2. The van der Waals surface area contributed by atoms with Crippen LogP contribution in [-0.4, -0.2) is 16.3 Å². The molecule has 1 N–H and O–H groups in total. The van der Waals surface area contributed by atoms with Crippen LogP contribution in [0.5, 0.6) is 0 Å². The molecule has 20 heavy (non-hydrogen) atoms. The van der Waals surface area contributed by atoms with E-state index in [-0.39, 0.29) is 0 Å². The summed E-state index contributed by atoms with van der Waals surface area (Å²) in [4.78, 5) is 1.25. The quantitative estimate of drug-likeness (QED) is 0.772. The van der Waals surface area contributed by atoms with Crippen molar-refractivity contribution >= 4 is 17.2 Å². The second-order valence-corrected chi connectivity index (χ2v) is 6.03. The highest BCUT2D eigenvalue weighted by atomic mass is 32.1. The van der Waals surface area contributed by atoms with Gasteiger partial charge in [-0.1, -0.05) is 18.2 Å². The summed E-state index contributed by atoms with van der Waals surface area (Å²) in [7, 11) is 0. The van der Waals surface area contributed by atoms with E-state index in [1.807, 2.05) is 4.68 Å². The fourth-order valence-electron chi connectivity index (χ4n) is 2.73. The summed E-state index contributed by atoms with van der Waals surface area (Å²) in [5.41, 5.74) is 4.84. The van der Waals surface area contributed by atoms with E-state index in [0.717, 1.165) is 30.2 Å². The van der Waals surface area contributed by atoms with Crippen LogP contribution >= 0.6 is 11.3 Å². The van der Waals surface area contributed by atoms with Gasteiger partial charge in [0.1, 0.15) is 11.5 Å². The molecule has 4 heteroatoms. The van der Waals surface area contributed by atoms with E-state index in [0.29, 0.717) is 0 Å². The zero-order valence-electron chi connectivity index (χ0n) is 11.3. The molecule has 0 atom stereocenters. The lowest BCUT2D eigenvalue weighted by atomic mass is 10.2. The van der Waals surface area contributed by atoms with Gasteiger partial charge in [-0.05, 0) is 42.5 Å². The maximum atomic E-state index is 4.85.